The van der Waals surface area contributed by atoms with Gasteiger partial charge in [-0.25, -0.2) is 0 Å². The summed E-state index contributed by atoms with van der Waals surface area (Å²) in [7, 11) is 0. The molecule has 169 valence electrons. The fraction of sp³-hybridized carbons (Fsp3) is 0.692. The van der Waals surface area contributed by atoms with Gasteiger partial charge in [0.2, 0.25) is 0 Å². The summed E-state index contributed by atoms with van der Waals surface area (Å²) in [5.41, 5.74) is 3.72. The molecule has 0 N–H and O–H groups in total. The van der Waals surface area contributed by atoms with E-state index in [1.54, 1.807) is 0 Å². The van der Waals surface area contributed by atoms with Crippen LogP contribution in [0, 0.1) is 16.2 Å². The fourth-order valence-corrected chi connectivity index (χ4v) is 5.49. The molecule has 2 rings (SSSR count). The number of halogens is 2. The quantitative estimate of drug-likeness (QED) is 0.550. The average molecular weight is 488 g/mol. The normalized spacial score (nSPS) is 23.0. The molecule has 0 saturated carbocycles. The van der Waals surface area contributed by atoms with E-state index >= 15 is 0 Å². The molecule has 1 unspecified atom stereocenters. The predicted molar refractivity (Wildman–Crippen MR) is 118 cm³/mol. The zero-order chi connectivity index (χ0) is 21.8. The van der Waals surface area contributed by atoms with Crippen LogP contribution in [0.25, 0.3) is 0 Å². The molecule has 0 heterocycles. The molecule has 0 aliphatic heterocycles. The summed E-state index contributed by atoms with van der Waals surface area (Å²) in [5.74, 6) is 0. The van der Waals surface area contributed by atoms with Crippen LogP contribution in [0.4, 0.5) is 0 Å². The van der Waals surface area contributed by atoms with E-state index in [1.807, 2.05) is 0 Å². The molecular weight excluding hydrogens is 447 g/mol. The van der Waals surface area contributed by atoms with E-state index in [0.717, 1.165) is 12.8 Å². The first-order valence-corrected chi connectivity index (χ1v) is 11.5. The molecule has 0 saturated heterocycles. The van der Waals surface area contributed by atoms with E-state index in [2.05, 4.69) is 121 Å². The number of ether oxygens (including phenoxy) is 1. The Bertz CT molecular complexity index is 749. The van der Waals surface area contributed by atoms with Gasteiger partial charge in [0.05, 0.1) is 0 Å². The van der Waals surface area contributed by atoms with E-state index < -0.39 is 0 Å². The Morgan fingerprint density at radius 2 is 1.40 bits per heavy atom. The summed E-state index contributed by atoms with van der Waals surface area (Å²) in [4.78, 5) is 0. The van der Waals surface area contributed by atoms with Gasteiger partial charge in [-0.15, -0.1) is 0 Å². The third-order valence-corrected chi connectivity index (χ3v) is 6.85. The topological polar surface area (TPSA) is 9.23 Å². The van der Waals surface area contributed by atoms with Gasteiger partial charge in [0.15, 0.2) is 0 Å². The van der Waals surface area contributed by atoms with Crippen molar-refractivity contribution in [3.8, 4) is 0 Å². The van der Waals surface area contributed by atoms with Crippen molar-refractivity contribution >= 4 is 0 Å². The smallest absolute Gasteiger partial charge is 1.00 e. The zero-order valence-corrected chi connectivity index (χ0v) is 24.0. The summed E-state index contributed by atoms with van der Waals surface area (Å²) < 4.78 is 8.58. The van der Waals surface area contributed by atoms with Crippen LogP contribution in [0.2, 0.25) is 0 Å². The fourth-order valence-electron chi connectivity index (χ4n) is 4.69. The van der Waals surface area contributed by atoms with Gasteiger partial charge in [0.1, 0.15) is 0 Å². The Morgan fingerprint density at radius 1 is 0.867 bits per heavy atom. The van der Waals surface area contributed by atoms with Crippen LogP contribution in [0.5, 0.6) is 0 Å². The molecule has 0 amide bonds. The van der Waals surface area contributed by atoms with Gasteiger partial charge in [-0.05, 0) is 0 Å². The molecule has 0 aromatic carbocycles. The molecule has 0 fully saturated rings. The van der Waals surface area contributed by atoms with Crippen molar-refractivity contribution in [1.82, 2.24) is 0 Å². The second-order valence-corrected chi connectivity index (χ2v) is 13.0. The minimum absolute atomic E-state index is 0. The summed E-state index contributed by atoms with van der Waals surface area (Å²) >= 11 is 2.28. The molecule has 0 aromatic heterocycles. The molecule has 2 aliphatic rings. The molecule has 30 heavy (non-hydrogen) atoms. The Hall–Kier alpha value is 0.214. The first-order chi connectivity index (χ1) is 12.4. The molecule has 2 aliphatic carbocycles. The Labute approximate surface area is 210 Å². The second-order valence-electron chi connectivity index (χ2n) is 12.1. The molecule has 0 radical (unpaired) electrons. The number of rotatable bonds is 3. The molecule has 4 heteroatoms. The van der Waals surface area contributed by atoms with Crippen molar-refractivity contribution < 1.29 is 50.0 Å². The molecule has 0 spiro atoms. The van der Waals surface area contributed by atoms with Crippen molar-refractivity contribution in [2.75, 3.05) is 0 Å². The standard InChI is InChI=1S/C26H41O.2ClH.Ti/c1-22(2,3)20-16-17-26(27-24(7,8)9,21(18-20)23(4,5)6)25(10,11)19-14-12-13-15-19;;;/h12,14,16,18H,13,17H2,1-11H3;2*1H;/q;;;+2/p-2. The Morgan fingerprint density at radius 3 is 1.77 bits per heavy atom. The van der Waals surface area contributed by atoms with Gasteiger partial charge < -0.3 is 24.8 Å². The van der Waals surface area contributed by atoms with E-state index in [9.17, 15) is 0 Å². The van der Waals surface area contributed by atoms with Gasteiger partial charge in [0, 0.05) is 0 Å². The maximum Gasteiger partial charge on any atom is -1.00 e. The number of hydrogen-bond donors (Lipinski definition) is 0. The molecule has 1 nitrogen and oxygen atoms in total. The molecule has 0 aromatic rings. The van der Waals surface area contributed by atoms with Crippen molar-refractivity contribution in [3.05, 3.63) is 44.9 Å². The first kappa shape index (κ1) is 30.2. The first-order valence-electron chi connectivity index (χ1n) is 10.7. The van der Waals surface area contributed by atoms with E-state index in [4.69, 9.17) is 4.74 Å². The summed E-state index contributed by atoms with van der Waals surface area (Å²) in [6.07, 6.45) is 11.5. The van der Waals surface area contributed by atoms with E-state index in [1.165, 1.54) is 20.6 Å². The third-order valence-electron chi connectivity index (χ3n) is 6.11. The van der Waals surface area contributed by atoms with Gasteiger partial charge in [-0.3, -0.25) is 0 Å². The SMILES string of the molecule is CC(C)(C)OC1(C(C)(C)C2=[C]([Ti+2])CC=C2)CC=C(C(C)(C)C)C=C1C(C)(C)C.[Cl-].[Cl-]. The van der Waals surface area contributed by atoms with Crippen molar-refractivity contribution in [1.29, 1.82) is 0 Å². The van der Waals surface area contributed by atoms with Crippen LogP contribution in [-0.2, 0) is 25.2 Å². The Kier molecular flexibility index (Phi) is 9.67. The van der Waals surface area contributed by atoms with Crippen molar-refractivity contribution in [3.63, 3.8) is 0 Å². The molecule has 0 bridgehead atoms. The number of allylic oxidation sites excluding steroid dienone is 5. The van der Waals surface area contributed by atoms with Gasteiger partial charge in [-0.1, -0.05) is 0 Å². The van der Waals surface area contributed by atoms with Crippen LogP contribution in [0.1, 0.15) is 89.0 Å². The van der Waals surface area contributed by atoms with Crippen molar-refractivity contribution in [2.24, 2.45) is 16.2 Å². The van der Waals surface area contributed by atoms with Gasteiger partial charge >= 0.3 is 187 Å². The minimum Gasteiger partial charge on any atom is -1.00 e. The van der Waals surface area contributed by atoms with Crippen LogP contribution in [0.15, 0.2) is 44.9 Å². The minimum atomic E-state index is -0.372. The largest absolute Gasteiger partial charge is 1.00 e. The predicted octanol–water partition coefficient (Wildman–Crippen LogP) is 1.68. The van der Waals surface area contributed by atoms with Gasteiger partial charge in [0.25, 0.3) is 0 Å². The van der Waals surface area contributed by atoms with Crippen LogP contribution >= 0.6 is 0 Å². The monoisotopic (exact) mass is 487 g/mol. The average Bonchev–Trinajstić information content (AvgIpc) is 2.90. The zero-order valence-electron chi connectivity index (χ0n) is 20.9. The van der Waals surface area contributed by atoms with Crippen molar-refractivity contribution in [2.45, 2.75) is 100 Å². The summed E-state index contributed by atoms with van der Waals surface area (Å²) in [6, 6.07) is 0. The molecular formula is C26H41Cl2OTi. The maximum atomic E-state index is 7.11. The van der Waals surface area contributed by atoms with E-state index in [0.29, 0.717) is 0 Å². The van der Waals surface area contributed by atoms with Gasteiger partial charge in [-0.2, -0.15) is 0 Å². The van der Waals surface area contributed by atoms with Crippen LogP contribution in [0.3, 0.4) is 0 Å². The second kappa shape index (κ2) is 9.60. The van der Waals surface area contributed by atoms with Crippen LogP contribution < -0.4 is 24.8 Å². The van der Waals surface area contributed by atoms with Crippen LogP contribution in [-0.4, -0.2) is 11.2 Å². The summed E-state index contributed by atoms with van der Waals surface area (Å²) in [5, 5.41) is 0. The third kappa shape index (κ3) is 5.96. The Balaban J connectivity index is 0.00000420. The maximum absolute atomic E-state index is 7.11. The summed E-state index contributed by atoms with van der Waals surface area (Å²) in [6.45, 7) is 25.3. The van der Waals surface area contributed by atoms with E-state index in [-0.39, 0.29) is 52.3 Å². The molecule has 1 atom stereocenters. The number of hydrogen-bond acceptors (Lipinski definition) is 1.